The van der Waals surface area contributed by atoms with Gasteiger partial charge in [-0.15, -0.1) is 11.3 Å². The van der Waals surface area contributed by atoms with Crippen molar-refractivity contribution in [2.75, 3.05) is 11.6 Å². The van der Waals surface area contributed by atoms with E-state index in [1.165, 1.54) is 29.5 Å². The molecule has 0 aliphatic heterocycles. The van der Waals surface area contributed by atoms with Gasteiger partial charge in [-0.2, -0.15) is 5.26 Å². The number of anilines is 1. The molecule has 0 fully saturated rings. The van der Waals surface area contributed by atoms with Crippen molar-refractivity contribution in [3.05, 3.63) is 44.8 Å². The van der Waals surface area contributed by atoms with Crippen molar-refractivity contribution < 1.29 is 13.2 Å². The van der Waals surface area contributed by atoms with E-state index in [0.717, 1.165) is 16.7 Å². The summed E-state index contributed by atoms with van der Waals surface area (Å²) in [5, 5.41) is 12.4. The topological polar surface area (TPSA) is 87.0 Å². The maximum atomic E-state index is 12.3. The first-order valence-electron chi connectivity index (χ1n) is 6.46. The number of nitriles is 1. The van der Waals surface area contributed by atoms with Gasteiger partial charge in [-0.1, -0.05) is 11.6 Å². The molecular formula is C15H13ClN2O3S2. The molecule has 1 heterocycles. The molecule has 0 saturated heterocycles. The van der Waals surface area contributed by atoms with Gasteiger partial charge in [-0.3, -0.25) is 4.79 Å². The highest BCUT2D eigenvalue weighted by Crippen LogP contribution is 2.32. The number of hydrogen-bond donors (Lipinski definition) is 1. The van der Waals surface area contributed by atoms with Crippen molar-refractivity contribution in [1.82, 2.24) is 0 Å². The largest absolute Gasteiger partial charge is 0.312 e. The van der Waals surface area contributed by atoms with Crippen molar-refractivity contribution in [1.29, 1.82) is 5.26 Å². The van der Waals surface area contributed by atoms with E-state index in [9.17, 15) is 18.5 Å². The summed E-state index contributed by atoms with van der Waals surface area (Å²) in [4.78, 5) is 13.2. The number of halogens is 1. The highest BCUT2D eigenvalue weighted by molar-refractivity contribution is 7.90. The summed E-state index contributed by atoms with van der Waals surface area (Å²) in [6.07, 6.45) is 1.02. The quantitative estimate of drug-likeness (QED) is 0.897. The van der Waals surface area contributed by atoms with Gasteiger partial charge in [0.05, 0.1) is 15.5 Å². The number of rotatable bonds is 3. The Bertz CT molecular complexity index is 940. The van der Waals surface area contributed by atoms with Gasteiger partial charge >= 0.3 is 0 Å². The van der Waals surface area contributed by atoms with E-state index in [0.29, 0.717) is 10.6 Å². The maximum Gasteiger partial charge on any atom is 0.256 e. The minimum atomic E-state index is -3.54. The lowest BCUT2D eigenvalue weighted by atomic mass is 10.1. The van der Waals surface area contributed by atoms with E-state index in [1.807, 2.05) is 13.8 Å². The van der Waals surface area contributed by atoms with Gasteiger partial charge < -0.3 is 5.32 Å². The Morgan fingerprint density at radius 1 is 1.35 bits per heavy atom. The number of benzene rings is 1. The molecule has 0 spiro atoms. The molecule has 0 aliphatic carbocycles. The van der Waals surface area contributed by atoms with E-state index in [-0.39, 0.29) is 15.5 Å². The molecule has 0 unspecified atom stereocenters. The first-order chi connectivity index (χ1) is 10.6. The number of carbonyl (C=O) groups is 1. The van der Waals surface area contributed by atoms with Crippen molar-refractivity contribution >= 4 is 43.7 Å². The van der Waals surface area contributed by atoms with Crippen molar-refractivity contribution in [2.45, 2.75) is 18.7 Å². The summed E-state index contributed by atoms with van der Waals surface area (Å²) in [5.74, 6) is -0.496. The predicted octanol–water partition coefficient (Wildman–Crippen LogP) is 3.55. The van der Waals surface area contributed by atoms with Crippen molar-refractivity contribution in [3.63, 3.8) is 0 Å². The summed E-state index contributed by atoms with van der Waals surface area (Å²) in [7, 11) is -3.54. The highest BCUT2D eigenvalue weighted by atomic mass is 35.5. The normalized spacial score (nSPS) is 11.1. The molecule has 1 aromatic heterocycles. The Morgan fingerprint density at radius 3 is 2.57 bits per heavy atom. The van der Waals surface area contributed by atoms with Crippen LogP contribution < -0.4 is 5.32 Å². The Labute approximate surface area is 143 Å². The van der Waals surface area contributed by atoms with Crippen molar-refractivity contribution in [2.24, 2.45) is 0 Å². The van der Waals surface area contributed by atoms with E-state index in [1.54, 1.807) is 0 Å². The molecule has 120 valence electrons. The predicted molar refractivity (Wildman–Crippen MR) is 91.0 cm³/mol. The Hall–Kier alpha value is -1.88. The van der Waals surface area contributed by atoms with Crippen LogP contribution in [0, 0.1) is 25.2 Å². The standard InChI is InChI=1S/C15H13ClN2O3S2/c1-8-9(2)22-15(11(8)7-17)18-14(19)10-4-5-12(16)13(6-10)23(3,20)21/h4-6H,1-3H3,(H,18,19). The first kappa shape index (κ1) is 17.5. The minimum Gasteiger partial charge on any atom is -0.312 e. The van der Waals surface area contributed by atoms with Gasteiger partial charge in [-0.25, -0.2) is 8.42 Å². The van der Waals surface area contributed by atoms with Crippen LogP contribution in [-0.2, 0) is 9.84 Å². The SMILES string of the molecule is Cc1sc(NC(=O)c2ccc(Cl)c(S(C)(=O)=O)c2)c(C#N)c1C. The molecule has 1 N–H and O–H groups in total. The summed E-state index contributed by atoms with van der Waals surface area (Å²) >= 11 is 7.17. The number of nitrogens with one attached hydrogen (secondary N) is 1. The molecule has 1 amide bonds. The van der Waals surface area contributed by atoms with E-state index in [4.69, 9.17) is 11.6 Å². The van der Waals surface area contributed by atoms with Gasteiger partial charge in [-0.05, 0) is 37.6 Å². The van der Waals surface area contributed by atoms with Crippen molar-refractivity contribution in [3.8, 4) is 6.07 Å². The van der Waals surface area contributed by atoms with Crippen LogP contribution in [0.2, 0.25) is 5.02 Å². The number of sulfone groups is 1. The summed E-state index contributed by atoms with van der Waals surface area (Å²) in [6.45, 7) is 3.67. The van der Waals surface area contributed by atoms with E-state index < -0.39 is 15.7 Å². The van der Waals surface area contributed by atoms with Crippen LogP contribution in [0.4, 0.5) is 5.00 Å². The third kappa shape index (κ3) is 3.55. The van der Waals surface area contributed by atoms with Crippen LogP contribution in [0.3, 0.4) is 0 Å². The molecule has 1 aromatic carbocycles. The fourth-order valence-corrected chi connectivity index (χ4v) is 4.26. The minimum absolute atomic E-state index is 0.0598. The molecular weight excluding hydrogens is 356 g/mol. The molecule has 0 bridgehead atoms. The molecule has 0 saturated carbocycles. The van der Waals surface area contributed by atoms with Crippen LogP contribution in [-0.4, -0.2) is 20.6 Å². The summed E-state index contributed by atoms with van der Waals surface area (Å²) in [5.41, 5.74) is 1.39. The fraction of sp³-hybridized carbons (Fsp3) is 0.200. The van der Waals surface area contributed by atoms with Crippen LogP contribution >= 0.6 is 22.9 Å². The average Bonchev–Trinajstić information content (AvgIpc) is 2.72. The zero-order valence-electron chi connectivity index (χ0n) is 12.6. The number of thiophene rings is 1. The van der Waals surface area contributed by atoms with Gasteiger partial charge in [0, 0.05) is 16.7 Å². The Balaban J connectivity index is 2.40. The number of nitrogens with zero attached hydrogens (tertiary/aromatic N) is 1. The van der Waals surface area contributed by atoms with Gasteiger partial charge in [0.2, 0.25) is 0 Å². The van der Waals surface area contributed by atoms with Gasteiger partial charge in [0.1, 0.15) is 11.1 Å². The van der Waals surface area contributed by atoms with Crippen LogP contribution in [0.25, 0.3) is 0 Å². The highest BCUT2D eigenvalue weighted by Gasteiger charge is 2.18. The molecule has 0 radical (unpaired) electrons. The van der Waals surface area contributed by atoms with Gasteiger partial charge in [0.25, 0.3) is 5.91 Å². The molecule has 8 heteroatoms. The zero-order chi connectivity index (χ0) is 17.4. The lowest BCUT2D eigenvalue weighted by Gasteiger charge is -2.07. The molecule has 2 rings (SSSR count). The number of amides is 1. The maximum absolute atomic E-state index is 12.3. The number of carbonyl (C=O) groups excluding carboxylic acids is 1. The lowest BCUT2D eigenvalue weighted by molar-refractivity contribution is 0.102. The lowest BCUT2D eigenvalue weighted by Crippen LogP contribution is -2.13. The first-order valence-corrected chi connectivity index (χ1v) is 9.54. The van der Waals surface area contributed by atoms with E-state index in [2.05, 4.69) is 11.4 Å². The molecule has 23 heavy (non-hydrogen) atoms. The Morgan fingerprint density at radius 2 is 2.00 bits per heavy atom. The summed E-state index contributed by atoms with van der Waals surface area (Å²) in [6, 6.07) is 6.09. The molecule has 0 atom stereocenters. The van der Waals surface area contributed by atoms with E-state index >= 15 is 0 Å². The Kier molecular flexibility index (Phi) is 4.80. The molecule has 5 nitrogen and oxygen atoms in total. The van der Waals surface area contributed by atoms with Crippen LogP contribution in [0.5, 0.6) is 0 Å². The third-order valence-corrected chi connectivity index (χ3v) is 6.02. The smallest absolute Gasteiger partial charge is 0.256 e. The molecule has 0 aliphatic rings. The second kappa shape index (κ2) is 6.32. The molecule has 2 aromatic rings. The van der Waals surface area contributed by atoms with Crippen LogP contribution in [0.15, 0.2) is 23.1 Å². The van der Waals surface area contributed by atoms with Crippen LogP contribution in [0.1, 0.15) is 26.4 Å². The monoisotopic (exact) mass is 368 g/mol. The second-order valence-corrected chi connectivity index (χ2v) is 8.59. The fourth-order valence-electron chi connectivity index (χ4n) is 1.95. The second-order valence-electron chi connectivity index (χ2n) is 4.97. The van der Waals surface area contributed by atoms with Gasteiger partial charge in [0.15, 0.2) is 9.84 Å². The number of aryl methyl sites for hydroxylation is 1. The third-order valence-electron chi connectivity index (χ3n) is 3.32. The number of hydrogen-bond acceptors (Lipinski definition) is 5. The zero-order valence-corrected chi connectivity index (χ0v) is 15.0. The average molecular weight is 369 g/mol. The summed E-state index contributed by atoms with van der Waals surface area (Å²) < 4.78 is 23.4.